The molecule has 0 saturated carbocycles. The summed E-state index contributed by atoms with van der Waals surface area (Å²) in [5.74, 6) is 3.86. The van der Waals surface area contributed by atoms with Gasteiger partial charge < -0.3 is 23.7 Å². The van der Waals surface area contributed by atoms with Gasteiger partial charge in [-0.1, -0.05) is 59.7 Å². The van der Waals surface area contributed by atoms with E-state index in [1.807, 2.05) is 43.3 Å². The predicted molar refractivity (Wildman–Crippen MR) is 173 cm³/mol. The molecule has 1 aromatic heterocycles. The Bertz CT molecular complexity index is 1970. The van der Waals surface area contributed by atoms with Gasteiger partial charge >= 0.3 is 5.97 Å². The van der Waals surface area contributed by atoms with E-state index in [2.05, 4.69) is 5.92 Å². The largest absolute Gasteiger partial charge is 0.493 e. The number of hydrogen-bond acceptors (Lipinski definition) is 9. The fourth-order valence-corrected chi connectivity index (χ4v) is 6.05. The first-order valence-corrected chi connectivity index (χ1v) is 15.1. The Balaban J connectivity index is 1.77. The molecule has 45 heavy (non-hydrogen) atoms. The molecule has 1 aliphatic rings. The number of thiazole rings is 1. The second-order valence-electron chi connectivity index (χ2n) is 9.68. The Hall–Kier alpha value is -5.27. The lowest BCUT2D eigenvalue weighted by molar-refractivity contribution is -0.138. The van der Waals surface area contributed by atoms with Crippen LogP contribution in [0.1, 0.15) is 36.6 Å². The Labute approximate surface area is 264 Å². The lowest BCUT2D eigenvalue weighted by atomic mass is 9.93. The van der Waals surface area contributed by atoms with E-state index >= 15 is 0 Å². The van der Waals surface area contributed by atoms with Gasteiger partial charge in [0, 0.05) is 5.56 Å². The zero-order chi connectivity index (χ0) is 31.9. The predicted octanol–water partition coefficient (Wildman–Crippen LogP) is 4.36. The van der Waals surface area contributed by atoms with Crippen LogP contribution in [0.25, 0.3) is 11.8 Å². The van der Waals surface area contributed by atoms with Crippen LogP contribution in [-0.2, 0) is 9.53 Å². The number of esters is 1. The molecule has 0 spiro atoms. The molecule has 230 valence electrons. The van der Waals surface area contributed by atoms with Crippen LogP contribution in [0.2, 0.25) is 0 Å². The van der Waals surface area contributed by atoms with Crippen molar-refractivity contribution in [2.45, 2.75) is 19.9 Å². The number of carbonyl (C=O) groups is 1. The van der Waals surface area contributed by atoms with Crippen molar-refractivity contribution in [1.82, 2.24) is 4.57 Å². The Morgan fingerprint density at radius 3 is 2.40 bits per heavy atom. The van der Waals surface area contributed by atoms with Crippen molar-refractivity contribution in [2.24, 2.45) is 4.99 Å². The molecule has 10 heteroatoms. The van der Waals surface area contributed by atoms with Crippen molar-refractivity contribution in [2.75, 3.05) is 34.0 Å². The van der Waals surface area contributed by atoms with E-state index in [1.165, 1.54) is 23.0 Å². The molecule has 9 nitrogen and oxygen atoms in total. The molecule has 3 aromatic carbocycles. The van der Waals surface area contributed by atoms with Crippen LogP contribution in [0.15, 0.2) is 82.1 Å². The average molecular weight is 625 g/mol. The van der Waals surface area contributed by atoms with Crippen molar-refractivity contribution >= 4 is 29.1 Å². The maximum absolute atomic E-state index is 14.2. The summed E-state index contributed by atoms with van der Waals surface area (Å²) in [4.78, 5) is 33.3. The number of rotatable bonds is 11. The Morgan fingerprint density at radius 2 is 1.71 bits per heavy atom. The first kappa shape index (κ1) is 31.2. The molecule has 1 atom stereocenters. The second kappa shape index (κ2) is 14.0. The molecule has 5 rings (SSSR count). The molecule has 0 fully saturated rings. The number of aromatic nitrogens is 1. The minimum Gasteiger partial charge on any atom is -0.493 e. The van der Waals surface area contributed by atoms with Gasteiger partial charge in [0.05, 0.1) is 49.3 Å². The molecule has 0 saturated heterocycles. The van der Waals surface area contributed by atoms with Gasteiger partial charge in [-0.2, -0.15) is 0 Å². The maximum Gasteiger partial charge on any atom is 0.338 e. The summed E-state index contributed by atoms with van der Waals surface area (Å²) < 4.78 is 29.9. The summed E-state index contributed by atoms with van der Waals surface area (Å²) in [6.07, 6.45) is 7.12. The molecular formula is C35H32N2O7S. The van der Waals surface area contributed by atoms with E-state index in [4.69, 9.17) is 35.1 Å². The van der Waals surface area contributed by atoms with Crippen molar-refractivity contribution < 1.29 is 28.5 Å². The zero-order valence-electron chi connectivity index (χ0n) is 25.4. The molecule has 4 aromatic rings. The summed E-state index contributed by atoms with van der Waals surface area (Å²) in [6.45, 7) is 4.27. The standard InChI is InChI=1S/C35H32N2O7S/c1-6-18-44-26-16-14-22(19-28(26)42-7-2)20-29-33(38)37-32(24-15-17-25(40-4)27(21-24)41-5)30(34(39)43-8-3)31(36-35(37)45-29)23-12-10-9-11-13-23/h1,9-17,19-21,32H,7-8,18H2,2-5H3/b29-20-/t32-/m1/s1. The summed E-state index contributed by atoms with van der Waals surface area (Å²) >= 11 is 1.22. The number of carbonyl (C=O) groups excluding carboxylic acids is 1. The van der Waals surface area contributed by atoms with Crippen molar-refractivity contribution in [3.63, 3.8) is 0 Å². The third kappa shape index (κ3) is 6.35. The molecule has 0 radical (unpaired) electrons. The fraction of sp³-hybridized carbons (Fsp3) is 0.229. The highest BCUT2D eigenvalue weighted by molar-refractivity contribution is 7.07. The van der Waals surface area contributed by atoms with E-state index in [0.717, 1.165) is 0 Å². The molecule has 2 heterocycles. The van der Waals surface area contributed by atoms with Gasteiger partial charge in [0.2, 0.25) is 0 Å². The summed E-state index contributed by atoms with van der Waals surface area (Å²) in [6, 6.07) is 19.2. The monoisotopic (exact) mass is 624 g/mol. The molecular weight excluding hydrogens is 592 g/mol. The van der Waals surface area contributed by atoms with E-state index in [-0.39, 0.29) is 24.3 Å². The van der Waals surface area contributed by atoms with Gasteiger partial charge in [-0.25, -0.2) is 9.79 Å². The molecule has 0 bridgehead atoms. The van der Waals surface area contributed by atoms with Crippen LogP contribution in [0.4, 0.5) is 0 Å². The molecule has 0 unspecified atom stereocenters. The first-order chi connectivity index (χ1) is 21.9. The quantitative estimate of drug-likeness (QED) is 0.181. The van der Waals surface area contributed by atoms with Crippen molar-refractivity contribution in [3.05, 3.63) is 109 Å². The summed E-state index contributed by atoms with van der Waals surface area (Å²) in [7, 11) is 3.08. The smallest absolute Gasteiger partial charge is 0.338 e. The van der Waals surface area contributed by atoms with Crippen LogP contribution in [0.5, 0.6) is 23.0 Å². The SMILES string of the molecule is C#CCOc1ccc(/C=c2\sc3n(c2=O)[C@H](c2ccc(OC)c(OC)c2)C(C(=O)OCC)=C(c2ccccc2)N=3)cc1OCC. The lowest BCUT2D eigenvalue weighted by Crippen LogP contribution is -2.40. The molecule has 1 aliphatic heterocycles. The lowest BCUT2D eigenvalue weighted by Gasteiger charge is -2.26. The van der Waals surface area contributed by atoms with Gasteiger partial charge in [0.25, 0.3) is 5.56 Å². The second-order valence-corrected chi connectivity index (χ2v) is 10.7. The highest BCUT2D eigenvalue weighted by atomic mass is 32.1. The third-order valence-corrected chi connectivity index (χ3v) is 7.96. The van der Waals surface area contributed by atoms with Gasteiger partial charge in [-0.05, 0) is 55.3 Å². The Kier molecular flexibility index (Phi) is 9.70. The normalized spacial score (nSPS) is 14.2. The number of hydrogen-bond donors (Lipinski definition) is 0. The number of terminal acetylenes is 1. The number of fused-ring (bicyclic) bond motifs is 1. The molecule has 0 N–H and O–H groups in total. The molecule has 0 aliphatic carbocycles. The van der Waals surface area contributed by atoms with Gasteiger partial charge in [-0.15, -0.1) is 6.42 Å². The topological polar surface area (TPSA) is 97.6 Å². The third-order valence-electron chi connectivity index (χ3n) is 6.97. The number of benzene rings is 3. The van der Waals surface area contributed by atoms with Crippen LogP contribution >= 0.6 is 11.3 Å². The number of ether oxygens (including phenoxy) is 5. The van der Waals surface area contributed by atoms with Gasteiger partial charge in [-0.3, -0.25) is 9.36 Å². The van der Waals surface area contributed by atoms with Gasteiger partial charge in [0.15, 0.2) is 27.8 Å². The van der Waals surface area contributed by atoms with Crippen molar-refractivity contribution in [3.8, 4) is 35.3 Å². The average Bonchev–Trinajstić information content (AvgIpc) is 3.37. The molecule has 0 amide bonds. The first-order valence-electron chi connectivity index (χ1n) is 14.3. The van der Waals surface area contributed by atoms with Crippen LogP contribution < -0.4 is 33.8 Å². The van der Waals surface area contributed by atoms with E-state index in [9.17, 15) is 9.59 Å². The van der Waals surface area contributed by atoms with E-state index in [0.29, 0.717) is 61.3 Å². The van der Waals surface area contributed by atoms with Crippen molar-refractivity contribution in [1.29, 1.82) is 0 Å². The van der Waals surface area contributed by atoms with Gasteiger partial charge in [0.1, 0.15) is 6.61 Å². The number of nitrogens with zero attached hydrogens (tertiary/aromatic N) is 2. The maximum atomic E-state index is 14.2. The fourth-order valence-electron chi connectivity index (χ4n) is 5.05. The van der Waals surface area contributed by atoms with E-state index in [1.54, 1.807) is 50.4 Å². The number of methoxy groups -OCH3 is 2. The van der Waals surface area contributed by atoms with Crippen LogP contribution in [-0.4, -0.2) is 44.6 Å². The minimum absolute atomic E-state index is 0.0979. The Morgan fingerprint density at radius 1 is 0.956 bits per heavy atom. The van der Waals surface area contributed by atoms with Crippen LogP contribution in [0.3, 0.4) is 0 Å². The minimum atomic E-state index is -0.865. The summed E-state index contributed by atoms with van der Waals surface area (Å²) in [5, 5.41) is 0. The highest BCUT2D eigenvalue weighted by Crippen LogP contribution is 2.38. The highest BCUT2D eigenvalue weighted by Gasteiger charge is 2.35. The summed E-state index contributed by atoms with van der Waals surface area (Å²) in [5.41, 5.74) is 2.40. The van der Waals surface area contributed by atoms with Crippen LogP contribution in [0, 0.1) is 12.3 Å². The van der Waals surface area contributed by atoms with E-state index < -0.39 is 12.0 Å². The zero-order valence-corrected chi connectivity index (χ0v) is 26.2.